The molecule has 1 N–H and O–H groups in total. The fraction of sp³-hybridized carbons (Fsp3) is 0.200. The van der Waals surface area contributed by atoms with Gasteiger partial charge in [-0.2, -0.15) is 5.26 Å². The molecule has 2 heterocycles. The molecular formula is C20H18N2O2S. The summed E-state index contributed by atoms with van der Waals surface area (Å²) in [6, 6.07) is 14.0. The summed E-state index contributed by atoms with van der Waals surface area (Å²) in [5.41, 5.74) is 2.14. The maximum Gasteiger partial charge on any atom is 0.346 e. The first-order valence-electron chi connectivity index (χ1n) is 8.14. The van der Waals surface area contributed by atoms with Crippen molar-refractivity contribution in [3.05, 3.63) is 57.3 Å². The maximum atomic E-state index is 10.9. The van der Waals surface area contributed by atoms with Gasteiger partial charge >= 0.3 is 5.97 Å². The lowest BCUT2D eigenvalue weighted by Gasteiger charge is -2.17. The molecule has 1 saturated heterocycles. The number of carbonyl (C=O) groups is 1. The van der Waals surface area contributed by atoms with Crippen LogP contribution in [0.25, 0.3) is 18.2 Å². The van der Waals surface area contributed by atoms with Crippen molar-refractivity contribution < 1.29 is 9.90 Å². The van der Waals surface area contributed by atoms with Crippen LogP contribution in [0.4, 0.5) is 5.69 Å². The quantitative estimate of drug-likeness (QED) is 0.636. The van der Waals surface area contributed by atoms with Crippen LogP contribution in [0, 0.1) is 11.3 Å². The lowest BCUT2D eigenvalue weighted by atomic mass is 10.2. The van der Waals surface area contributed by atoms with E-state index in [4.69, 9.17) is 10.4 Å². The van der Waals surface area contributed by atoms with Gasteiger partial charge < -0.3 is 10.0 Å². The van der Waals surface area contributed by atoms with Crippen LogP contribution in [0.1, 0.15) is 28.2 Å². The van der Waals surface area contributed by atoms with E-state index in [2.05, 4.69) is 29.2 Å². The number of carboxylic acids is 1. The minimum atomic E-state index is -1.20. The minimum Gasteiger partial charge on any atom is -0.477 e. The zero-order valence-corrected chi connectivity index (χ0v) is 14.5. The lowest BCUT2D eigenvalue weighted by Crippen LogP contribution is -2.17. The van der Waals surface area contributed by atoms with Crippen molar-refractivity contribution in [2.45, 2.75) is 12.8 Å². The molecule has 2 aromatic rings. The highest BCUT2D eigenvalue weighted by Gasteiger charge is 2.11. The van der Waals surface area contributed by atoms with Gasteiger partial charge in [-0.1, -0.05) is 18.2 Å². The normalized spacial score (nSPS) is 14.8. The number of hydrogen-bond acceptors (Lipinski definition) is 4. The third kappa shape index (κ3) is 4.37. The number of thiophene rings is 1. The van der Waals surface area contributed by atoms with Crippen molar-refractivity contribution in [1.29, 1.82) is 5.26 Å². The van der Waals surface area contributed by atoms with Crippen molar-refractivity contribution in [2.24, 2.45) is 0 Å². The van der Waals surface area contributed by atoms with Crippen LogP contribution in [0.2, 0.25) is 0 Å². The highest BCUT2D eigenvalue weighted by Crippen LogP contribution is 2.23. The number of nitrogens with zero attached hydrogens (tertiary/aromatic N) is 2. The Kier molecular flexibility index (Phi) is 5.32. The van der Waals surface area contributed by atoms with E-state index in [0.717, 1.165) is 28.4 Å². The fourth-order valence-electron chi connectivity index (χ4n) is 2.77. The SMILES string of the molecule is N#C/C(=C\c1ccc(/C=C/c2ccc(N3CCCC3)cc2)s1)C(=O)O. The monoisotopic (exact) mass is 350 g/mol. The Morgan fingerprint density at radius 2 is 1.76 bits per heavy atom. The number of rotatable bonds is 5. The predicted molar refractivity (Wildman–Crippen MR) is 102 cm³/mol. The van der Waals surface area contributed by atoms with E-state index in [1.165, 1.54) is 35.9 Å². The summed E-state index contributed by atoms with van der Waals surface area (Å²) in [6.45, 7) is 2.28. The van der Waals surface area contributed by atoms with E-state index >= 15 is 0 Å². The molecule has 1 aromatic heterocycles. The third-order valence-corrected chi connectivity index (χ3v) is 5.09. The van der Waals surface area contributed by atoms with Crippen molar-refractivity contribution in [3.8, 4) is 6.07 Å². The van der Waals surface area contributed by atoms with Gasteiger partial charge in [0.2, 0.25) is 0 Å². The largest absolute Gasteiger partial charge is 0.477 e. The molecule has 0 bridgehead atoms. The highest BCUT2D eigenvalue weighted by molar-refractivity contribution is 7.13. The van der Waals surface area contributed by atoms with Crippen LogP contribution in [0.15, 0.2) is 42.0 Å². The third-order valence-electron chi connectivity index (χ3n) is 4.09. The summed E-state index contributed by atoms with van der Waals surface area (Å²) < 4.78 is 0. The molecule has 0 saturated carbocycles. The van der Waals surface area contributed by atoms with Crippen molar-refractivity contribution >= 4 is 41.2 Å². The Balaban J connectivity index is 1.68. The summed E-state index contributed by atoms with van der Waals surface area (Å²) in [5.74, 6) is -1.20. The second-order valence-electron chi connectivity index (χ2n) is 5.83. The number of nitriles is 1. The highest BCUT2D eigenvalue weighted by atomic mass is 32.1. The van der Waals surface area contributed by atoms with E-state index in [1.807, 2.05) is 24.3 Å². The zero-order chi connectivity index (χ0) is 17.6. The molecular weight excluding hydrogens is 332 g/mol. The van der Waals surface area contributed by atoms with E-state index in [0.29, 0.717) is 0 Å². The lowest BCUT2D eigenvalue weighted by molar-refractivity contribution is -0.132. The molecule has 0 aliphatic carbocycles. The number of benzene rings is 1. The zero-order valence-electron chi connectivity index (χ0n) is 13.7. The van der Waals surface area contributed by atoms with E-state index in [9.17, 15) is 4.79 Å². The maximum absolute atomic E-state index is 10.9. The van der Waals surface area contributed by atoms with Crippen LogP contribution in [-0.4, -0.2) is 24.2 Å². The minimum absolute atomic E-state index is 0.255. The molecule has 5 heteroatoms. The van der Waals surface area contributed by atoms with Crippen molar-refractivity contribution in [2.75, 3.05) is 18.0 Å². The van der Waals surface area contributed by atoms with Crippen LogP contribution in [0.5, 0.6) is 0 Å². The van der Waals surface area contributed by atoms with E-state index < -0.39 is 5.97 Å². The first-order chi connectivity index (χ1) is 12.2. The fourth-order valence-corrected chi connectivity index (χ4v) is 3.63. The molecule has 126 valence electrons. The first-order valence-corrected chi connectivity index (χ1v) is 8.95. The Morgan fingerprint density at radius 3 is 2.40 bits per heavy atom. The van der Waals surface area contributed by atoms with Crippen molar-refractivity contribution in [3.63, 3.8) is 0 Å². The second-order valence-corrected chi connectivity index (χ2v) is 6.98. The summed E-state index contributed by atoms with van der Waals surface area (Å²) in [6.07, 6.45) is 7.97. The molecule has 4 nitrogen and oxygen atoms in total. The summed E-state index contributed by atoms with van der Waals surface area (Å²) in [5, 5.41) is 17.7. The number of hydrogen-bond donors (Lipinski definition) is 1. The average Bonchev–Trinajstić information content (AvgIpc) is 3.30. The first kappa shape index (κ1) is 17.0. The smallest absolute Gasteiger partial charge is 0.346 e. The summed E-state index contributed by atoms with van der Waals surface area (Å²) >= 11 is 1.45. The molecule has 0 radical (unpaired) electrons. The molecule has 1 aliphatic rings. The van der Waals surface area contributed by atoms with Crippen LogP contribution >= 0.6 is 11.3 Å². The van der Waals surface area contributed by atoms with Crippen LogP contribution < -0.4 is 4.90 Å². The van der Waals surface area contributed by atoms with Gasteiger partial charge in [0, 0.05) is 28.5 Å². The molecule has 1 aliphatic heterocycles. The molecule has 0 spiro atoms. The summed E-state index contributed by atoms with van der Waals surface area (Å²) in [4.78, 5) is 15.0. The van der Waals surface area contributed by atoms with Gasteiger partial charge in [0.15, 0.2) is 0 Å². The standard InChI is InChI=1S/C20H18N2O2S/c21-14-16(20(23)24)13-19-10-9-18(25-19)8-5-15-3-6-17(7-4-15)22-11-1-2-12-22/h3-10,13H,1-2,11-12H2,(H,23,24)/b8-5+,16-13+. The van der Waals surface area contributed by atoms with Crippen LogP contribution in [0.3, 0.4) is 0 Å². The molecule has 25 heavy (non-hydrogen) atoms. The van der Waals surface area contributed by atoms with Gasteiger partial charge in [0.05, 0.1) is 0 Å². The Morgan fingerprint density at radius 1 is 1.08 bits per heavy atom. The molecule has 1 fully saturated rings. The molecule has 0 unspecified atom stereocenters. The van der Waals surface area contributed by atoms with Gasteiger partial charge in [-0.3, -0.25) is 0 Å². The van der Waals surface area contributed by atoms with Gasteiger partial charge in [-0.15, -0.1) is 11.3 Å². The Hall–Kier alpha value is -2.84. The van der Waals surface area contributed by atoms with Crippen molar-refractivity contribution in [1.82, 2.24) is 0 Å². The van der Waals surface area contributed by atoms with Gasteiger partial charge in [-0.05, 0) is 54.8 Å². The molecule has 3 rings (SSSR count). The second kappa shape index (κ2) is 7.82. The number of anilines is 1. The van der Waals surface area contributed by atoms with E-state index in [-0.39, 0.29) is 5.57 Å². The molecule has 0 amide bonds. The number of carboxylic acid groups (broad SMARTS) is 1. The average molecular weight is 350 g/mol. The Labute approximate surface area is 151 Å². The Bertz CT molecular complexity index is 851. The molecule has 0 atom stereocenters. The van der Waals surface area contributed by atoms with E-state index in [1.54, 1.807) is 6.07 Å². The summed E-state index contributed by atoms with van der Waals surface area (Å²) in [7, 11) is 0. The predicted octanol–water partition coefficient (Wildman–Crippen LogP) is 4.51. The van der Waals surface area contributed by atoms with Gasteiger partial charge in [0.1, 0.15) is 11.6 Å². The topological polar surface area (TPSA) is 64.3 Å². The van der Waals surface area contributed by atoms with Gasteiger partial charge in [-0.25, -0.2) is 4.79 Å². The molecule has 1 aromatic carbocycles. The van der Waals surface area contributed by atoms with Gasteiger partial charge in [0.25, 0.3) is 0 Å². The number of aliphatic carboxylic acids is 1. The van der Waals surface area contributed by atoms with Crippen LogP contribution in [-0.2, 0) is 4.79 Å².